The molecule has 2 rings (SSSR count). The largest absolute Gasteiger partial charge is 0.434 e. The van der Waals surface area contributed by atoms with Gasteiger partial charge in [0.2, 0.25) is 10.0 Å². The Morgan fingerprint density at radius 2 is 2.07 bits per heavy atom. The van der Waals surface area contributed by atoms with Gasteiger partial charge >= 0.3 is 6.18 Å². The molecule has 154 valence electrons. The van der Waals surface area contributed by atoms with Crippen molar-refractivity contribution in [2.45, 2.75) is 44.9 Å². The van der Waals surface area contributed by atoms with E-state index in [2.05, 4.69) is 20.6 Å². The first-order valence-electron chi connectivity index (χ1n) is 8.62. The highest BCUT2D eigenvalue weighted by Gasteiger charge is 2.33. The van der Waals surface area contributed by atoms with Crippen LogP contribution in [-0.4, -0.2) is 55.6 Å². The summed E-state index contributed by atoms with van der Waals surface area (Å²) in [7, 11) is -1.62. The molecule has 0 bridgehead atoms. The molecule has 1 saturated heterocycles. The number of thiazole rings is 1. The quantitative estimate of drug-likeness (QED) is 0.536. The van der Waals surface area contributed by atoms with E-state index in [9.17, 15) is 21.6 Å². The molecule has 1 fully saturated rings. The van der Waals surface area contributed by atoms with E-state index in [-0.39, 0.29) is 18.3 Å². The van der Waals surface area contributed by atoms with E-state index in [0.717, 1.165) is 16.7 Å². The van der Waals surface area contributed by atoms with Crippen molar-refractivity contribution >= 4 is 27.3 Å². The van der Waals surface area contributed by atoms with Crippen LogP contribution in [-0.2, 0) is 22.7 Å². The van der Waals surface area contributed by atoms with Gasteiger partial charge in [-0.15, -0.1) is 11.3 Å². The zero-order chi connectivity index (χ0) is 20.1. The maximum Gasteiger partial charge on any atom is 0.434 e. The lowest BCUT2D eigenvalue weighted by Crippen LogP contribution is -2.49. The van der Waals surface area contributed by atoms with Crippen molar-refractivity contribution in [2.24, 2.45) is 4.99 Å². The Bertz CT molecular complexity index is 741. The summed E-state index contributed by atoms with van der Waals surface area (Å²) in [6.07, 6.45) is -2.58. The second-order valence-electron chi connectivity index (χ2n) is 6.18. The van der Waals surface area contributed by atoms with E-state index in [1.165, 1.54) is 4.31 Å². The molecular weight excluding hydrogens is 403 g/mol. The number of aliphatic imine (C=N–C) groups is 1. The van der Waals surface area contributed by atoms with Crippen molar-refractivity contribution in [3.05, 3.63) is 16.1 Å². The Balaban J connectivity index is 1.82. The molecule has 1 aliphatic heterocycles. The average molecular weight is 428 g/mol. The monoisotopic (exact) mass is 427 g/mol. The van der Waals surface area contributed by atoms with Gasteiger partial charge in [0, 0.05) is 31.6 Å². The lowest BCUT2D eigenvalue weighted by atomic mass is 10.1. The van der Waals surface area contributed by atoms with Crippen LogP contribution < -0.4 is 10.6 Å². The summed E-state index contributed by atoms with van der Waals surface area (Å²) < 4.78 is 63.4. The van der Waals surface area contributed by atoms with Crippen LogP contribution in [0.15, 0.2) is 10.4 Å². The molecule has 0 amide bonds. The average Bonchev–Trinajstić information content (AvgIpc) is 3.08. The van der Waals surface area contributed by atoms with Crippen molar-refractivity contribution in [1.82, 2.24) is 19.9 Å². The standard InChI is InChI=1S/C15H24F3N5O2S2/c1-3-8-27(24,25)23-6-4-11(5-7-23)21-14(19-2)20-9-13-22-12(10-26-13)15(16,17)18/h10-11H,3-9H2,1-2H3,(H2,19,20,21). The Morgan fingerprint density at radius 1 is 1.41 bits per heavy atom. The van der Waals surface area contributed by atoms with Gasteiger partial charge in [0.15, 0.2) is 11.7 Å². The molecule has 0 spiro atoms. The zero-order valence-corrected chi connectivity index (χ0v) is 16.8. The normalized spacial score (nSPS) is 17.9. The van der Waals surface area contributed by atoms with Gasteiger partial charge in [0.05, 0.1) is 12.3 Å². The van der Waals surface area contributed by atoms with E-state index in [0.29, 0.717) is 43.3 Å². The number of piperidine rings is 1. The molecule has 1 aliphatic rings. The van der Waals surface area contributed by atoms with Crippen molar-refractivity contribution < 1.29 is 21.6 Å². The number of nitrogens with zero attached hydrogens (tertiary/aromatic N) is 3. The lowest BCUT2D eigenvalue weighted by molar-refractivity contribution is -0.140. The predicted molar refractivity (Wildman–Crippen MR) is 99.1 cm³/mol. The number of sulfonamides is 1. The summed E-state index contributed by atoms with van der Waals surface area (Å²) in [5.74, 6) is 0.607. The van der Waals surface area contributed by atoms with Gasteiger partial charge in [-0.05, 0) is 19.3 Å². The van der Waals surface area contributed by atoms with Gasteiger partial charge < -0.3 is 10.6 Å². The highest BCUT2D eigenvalue weighted by molar-refractivity contribution is 7.89. The Morgan fingerprint density at radius 3 is 2.59 bits per heavy atom. The number of rotatable bonds is 6. The fourth-order valence-electron chi connectivity index (χ4n) is 2.73. The van der Waals surface area contributed by atoms with Gasteiger partial charge in [-0.3, -0.25) is 4.99 Å². The van der Waals surface area contributed by atoms with E-state index < -0.39 is 21.9 Å². The van der Waals surface area contributed by atoms with Gasteiger partial charge in [-0.1, -0.05) is 6.92 Å². The zero-order valence-electron chi connectivity index (χ0n) is 15.2. The topological polar surface area (TPSA) is 86.7 Å². The number of hydrogen-bond donors (Lipinski definition) is 2. The summed E-state index contributed by atoms with van der Waals surface area (Å²) in [5, 5.41) is 7.43. The van der Waals surface area contributed by atoms with Crippen molar-refractivity contribution in [3.8, 4) is 0 Å². The minimum atomic E-state index is -4.44. The molecule has 2 heterocycles. The molecular formula is C15H24F3N5O2S2. The maximum absolute atomic E-state index is 12.6. The Labute approximate surface area is 161 Å². The molecule has 0 aromatic carbocycles. The highest BCUT2D eigenvalue weighted by Crippen LogP contribution is 2.29. The summed E-state index contributed by atoms with van der Waals surface area (Å²) in [4.78, 5) is 7.63. The molecule has 12 heteroatoms. The summed E-state index contributed by atoms with van der Waals surface area (Å²) in [6.45, 7) is 2.85. The summed E-state index contributed by atoms with van der Waals surface area (Å²) >= 11 is 0.933. The molecule has 0 atom stereocenters. The van der Waals surface area contributed by atoms with Crippen LogP contribution >= 0.6 is 11.3 Å². The predicted octanol–water partition coefficient (Wildman–Crippen LogP) is 2.03. The van der Waals surface area contributed by atoms with Crippen LogP contribution in [0.1, 0.15) is 36.9 Å². The number of alkyl halides is 3. The third-order valence-electron chi connectivity index (χ3n) is 4.12. The second-order valence-corrected chi connectivity index (χ2v) is 9.21. The van der Waals surface area contributed by atoms with Crippen LogP contribution in [0.5, 0.6) is 0 Å². The highest BCUT2D eigenvalue weighted by atomic mass is 32.2. The van der Waals surface area contributed by atoms with Crippen LogP contribution in [0.2, 0.25) is 0 Å². The molecule has 7 nitrogen and oxygen atoms in total. The molecule has 0 saturated carbocycles. The minimum Gasteiger partial charge on any atom is -0.354 e. The molecule has 1 aromatic heterocycles. The third-order valence-corrected chi connectivity index (χ3v) is 7.05. The smallest absolute Gasteiger partial charge is 0.354 e. The van der Waals surface area contributed by atoms with Gasteiger partial charge in [0.25, 0.3) is 0 Å². The van der Waals surface area contributed by atoms with Crippen molar-refractivity contribution in [1.29, 1.82) is 0 Å². The molecule has 27 heavy (non-hydrogen) atoms. The number of guanidine groups is 1. The van der Waals surface area contributed by atoms with Gasteiger partial charge in [0.1, 0.15) is 5.01 Å². The maximum atomic E-state index is 12.6. The fraction of sp³-hybridized carbons (Fsp3) is 0.733. The summed E-state index contributed by atoms with van der Waals surface area (Å²) in [6, 6.07) is 0.0475. The first-order chi connectivity index (χ1) is 12.7. The number of aromatic nitrogens is 1. The first-order valence-corrected chi connectivity index (χ1v) is 11.1. The molecule has 0 radical (unpaired) electrons. The van der Waals surface area contributed by atoms with E-state index in [4.69, 9.17) is 0 Å². The number of halogens is 3. The minimum absolute atomic E-state index is 0.0475. The summed E-state index contributed by atoms with van der Waals surface area (Å²) in [5.41, 5.74) is -0.895. The third kappa shape index (κ3) is 6.32. The number of hydrogen-bond acceptors (Lipinski definition) is 5. The van der Waals surface area contributed by atoms with Crippen LogP contribution in [0.3, 0.4) is 0 Å². The van der Waals surface area contributed by atoms with Gasteiger partial charge in [-0.2, -0.15) is 13.2 Å². The second kappa shape index (κ2) is 9.20. The molecule has 0 unspecified atom stereocenters. The van der Waals surface area contributed by atoms with E-state index >= 15 is 0 Å². The van der Waals surface area contributed by atoms with Crippen LogP contribution in [0.25, 0.3) is 0 Å². The SMILES string of the molecule is CCCS(=O)(=O)N1CCC(NC(=NC)NCc2nc(C(F)(F)F)cs2)CC1. The van der Waals surface area contributed by atoms with E-state index in [1.54, 1.807) is 7.05 Å². The van der Waals surface area contributed by atoms with Gasteiger partial charge in [-0.25, -0.2) is 17.7 Å². The van der Waals surface area contributed by atoms with Crippen molar-refractivity contribution in [2.75, 3.05) is 25.9 Å². The Kier molecular flexibility index (Phi) is 7.46. The Hall–Kier alpha value is -1.40. The number of nitrogens with one attached hydrogen (secondary N) is 2. The van der Waals surface area contributed by atoms with Crippen LogP contribution in [0.4, 0.5) is 13.2 Å². The fourth-order valence-corrected chi connectivity index (χ4v) is 5.02. The van der Waals surface area contributed by atoms with Crippen LogP contribution in [0, 0.1) is 0 Å². The van der Waals surface area contributed by atoms with Crippen molar-refractivity contribution in [3.63, 3.8) is 0 Å². The lowest BCUT2D eigenvalue weighted by Gasteiger charge is -2.32. The molecule has 0 aliphatic carbocycles. The molecule has 2 N–H and O–H groups in total. The first kappa shape index (κ1) is 21.9. The van der Waals surface area contributed by atoms with E-state index in [1.807, 2.05) is 6.92 Å². The molecule has 1 aromatic rings.